The molecule has 0 saturated carbocycles. The number of benzene rings is 1. The van der Waals surface area contributed by atoms with Gasteiger partial charge < -0.3 is 15.5 Å². The Morgan fingerprint density at radius 3 is 2.67 bits per heavy atom. The van der Waals surface area contributed by atoms with Gasteiger partial charge in [-0.25, -0.2) is 0 Å². The van der Waals surface area contributed by atoms with E-state index in [1.165, 1.54) is 44.3 Å². The number of thiocarbonyl (C=S) groups is 1. The van der Waals surface area contributed by atoms with Crippen LogP contribution in [0.25, 0.3) is 0 Å². The molecule has 0 radical (unpaired) electrons. The molecule has 1 fully saturated rings. The van der Waals surface area contributed by atoms with E-state index < -0.39 is 0 Å². The maximum atomic E-state index is 5.40. The standard InChI is InChI=1S/C20H33N3S/c1-4-19-8-5-6-14-23(19)15-7-13-21-20(24)22-18-11-9-17(10-12-18)16(2)3/h9-12,16,19H,4-8,13-15H2,1-3H3,(H2,21,22,24)/t19-/m0/s1. The predicted octanol–water partition coefficient (Wildman–Crippen LogP) is 4.75. The maximum absolute atomic E-state index is 5.40. The topological polar surface area (TPSA) is 27.3 Å². The van der Waals surface area contributed by atoms with Gasteiger partial charge in [-0.15, -0.1) is 0 Å². The zero-order valence-corrected chi connectivity index (χ0v) is 16.3. The summed E-state index contributed by atoms with van der Waals surface area (Å²) < 4.78 is 0. The number of likely N-dealkylation sites (tertiary alicyclic amines) is 1. The lowest BCUT2D eigenvalue weighted by Crippen LogP contribution is -2.40. The average molecular weight is 348 g/mol. The van der Waals surface area contributed by atoms with Crippen molar-refractivity contribution in [1.29, 1.82) is 0 Å². The maximum Gasteiger partial charge on any atom is 0.170 e. The first-order valence-electron chi connectivity index (χ1n) is 9.49. The van der Waals surface area contributed by atoms with Crippen LogP contribution in [0.2, 0.25) is 0 Å². The lowest BCUT2D eigenvalue weighted by atomic mass is 10.00. The summed E-state index contributed by atoms with van der Waals surface area (Å²) in [4.78, 5) is 2.66. The van der Waals surface area contributed by atoms with Gasteiger partial charge in [0, 0.05) is 24.8 Å². The minimum atomic E-state index is 0.561. The van der Waals surface area contributed by atoms with Crippen molar-refractivity contribution in [2.75, 3.05) is 25.0 Å². The second-order valence-corrected chi connectivity index (χ2v) is 7.51. The van der Waals surface area contributed by atoms with Crippen LogP contribution in [0.3, 0.4) is 0 Å². The molecule has 0 spiro atoms. The molecular weight excluding hydrogens is 314 g/mol. The van der Waals surface area contributed by atoms with Crippen molar-refractivity contribution in [2.45, 2.75) is 64.8 Å². The molecule has 2 rings (SSSR count). The Balaban J connectivity index is 1.66. The molecule has 3 nitrogen and oxygen atoms in total. The zero-order chi connectivity index (χ0) is 17.4. The Bertz CT molecular complexity index is 498. The quantitative estimate of drug-likeness (QED) is 0.550. The number of rotatable bonds is 7. The lowest BCUT2D eigenvalue weighted by molar-refractivity contribution is 0.143. The molecule has 1 saturated heterocycles. The Labute approximate surface area is 153 Å². The van der Waals surface area contributed by atoms with Crippen LogP contribution in [0.4, 0.5) is 5.69 Å². The zero-order valence-electron chi connectivity index (χ0n) is 15.5. The highest BCUT2D eigenvalue weighted by molar-refractivity contribution is 7.80. The summed E-state index contributed by atoms with van der Waals surface area (Å²) in [5.41, 5.74) is 2.41. The van der Waals surface area contributed by atoms with E-state index in [4.69, 9.17) is 12.2 Å². The van der Waals surface area contributed by atoms with Crippen LogP contribution >= 0.6 is 12.2 Å². The highest BCUT2D eigenvalue weighted by Gasteiger charge is 2.19. The number of anilines is 1. The molecule has 0 bridgehead atoms. The fourth-order valence-electron chi connectivity index (χ4n) is 3.43. The van der Waals surface area contributed by atoms with Crippen molar-refractivity contribution < 1.29 is 0 Å². The van der Waals surface area contributed by atoms with Crippen molar-refractivity contribution in [3.8, 4) is 0 Å². The van der Waals surface area contributed by atoms with Gasteiger partial charge in [0.1, 0.15) is 0 Å². The Kier molecular flexibility index (Phi) is 8.00. The summed E-state index contributed by atoms with van der Waals surface area (Å²) in [7, 11) is 0. The summed E-state index contributed by atoms with van der Waals surface area (Å²) in [6, 6.07) is 9.32. The van der Waals surface area contributed by atoms with E-state index in [9.17, 15) is 0 Å². The van der Waals surface area contributed by atoms with Gasteiger partial charge in [-0.3, -0.25) is 0 Å². The molecule has 2 N–H and O–H groups in total. The van der Waals surface area contributed by atoms with Crippen molar-refractivity contribution in [1.82, 2.24) is 10.2 Å². The molecule has 4 heteroatoms. The van der Waals surface area contributed by atoms with Gasteiger partial charge in [-0.1, -0.05) is 39.3 Å². The third-order valence-corrected chi connectivity index (χ3v) is 5.21. The van der Waals surface area contributed by atoms with Crippen molar-refractivity contribution in [3.63, 3.8) is 0 Å². The molecule has 0 aliphatic carbocycles. The van der Waals surface area contributed by atoms with Crippen LogP contribution in [0, 0.1) is 0 Å². The first-order valence-corrected chi connectivity index (χ1v) is 9.89. The van der Waals surface area contributed by atoms with E-state index in [2.05, 4.69) is 60.6 Å². The van der Waals surface area contributed by atoms with E-state index in [0.29, 0.717) is 5.92 Å². The summed E-state index contributed by atoms with van der Waals surface area (Å²) in [5.74, 6) is 0.561. The highest BCUT2D eigenvalue weighted by Crippen LogP contribution is 2.19. The number of nitrogens with zero attached hydrogens (tertiary/aromatic N) is 1. The largest absolute Gasteiger partial charge is 0.362 e. The summed E-state index contributed by atoms with van der Waals surface area (Å²) >= 11 is 5.40. The average Bonchev–Trinajstić information content (AvgIpc) is 2.59. The van der Waals surface area contributed by atoms with Crippen LogP contribution in [-0.4, -0.2) is 35.7 Å². The van der Waals surface area contributed by atoms with Gasteiger partial charge in [0.25, 0.3) is 0 Å². The summed E-state index contributed by atoms with van der Waals surface area (Å²) in [5, 5.41) is 7.33. The first-order chi connectivity index (χ1) is 11.6. The molecular formula is C20H33N3S. The molecule has 1 atom stereocenters. The van der Waals surface area contributed by atoms with Crippen LogP contribution in [0.1, 0.15) is 64.4 Å². The minimum Gasteiger partial charge on any atom is -0.362 e. The first kappa shape index (κ1) is 19.2. The molecule has 134 valence electrons. The monoisotopic (exact) mass is 347 g/mol. The van der Waals surface area contributed by atoms with E-state index in [1.807, 2.05) is 0 Å². The second-order valence-electron chi connectivity index (χ2n) is 7.10. The van der Waals surface area contributed by atoms with Crippen LogP contribution < -0.4 is 10.6 Å². The number of piperidine rings is 1. The Morgan fingerprint density at radius 2 is 2.00 bits per heavy atom. The van der Waals surface area contributed by atoms with Gasteiger partial charge in [0.05, 0.1) is 0 Å². The van der Waals surface area contributed by atoms with Gasteiger partial charge in [-0.05, 0) is 68.1 Å². The lowest BCUT2D eigenvalue weighted by Gasteiger charge is -2.35. The van der Waals surface area contributed by atoms with E-state index >= 15 is 0 Å². The molecule has 1 aromatic carbocycles. The Hall–Kier alpha value is -1.13. The predicted molar refractivity (Wildman–Crippen MR) is 109 cm³/mol. The van der Waals surface area contributed by atoms with Crippen LogP contribution in [-0.2, 0) is 0 Å². The molecule has 0 unspecified atom stereocenters. The van der Waals surface area contributed by atoms with E-state index in [-0.39, 0.29) is 0 Å². The number of nitrogens with one attached hydrogen (secondary N) is 2. The third-order valence-electron chi connectivity index (χ3n) is 4.96. The Morgan fingerprint density at radius 1 is 1.25 bits per heavy atom. The summed E-state index contributed by atoms with van der Waals surface area (Å²) in [6.07, 6.45) is 6.55. The number of hydrogen-bond acceptors (Lipinski definition) is 2. The smallest absolute Gasteiger partial charge is 0.170 e. The molecule has 1 aromatic rings. The number of hydrogen-bond donors (Lipinski definition) is 2. The molecule has 0 aromatic heterocycles. The minimum absolute atomic E-state index is 0.561. The molecule has 0 amide bonds. The molecule has 1 aliphatic rings. The van der Waals surface area contributed by atoms with Crippen LogP contribution in [0.15, 0.2) is 24.3 Å². The molecule has 1 aliphatic heterocycles. The highest BCUT2D eigenvalue weighted by atomic mass is 32.1. The van der Waals surface area contributed by atoms with E-state index in [0.717, 1.165) is 29.8 Å². The summed E-state index contributed by atoms with van der Waals surface area (Å²) in [6.45, 7) is 10.1. The fraction of sp³-hybridized carbons (Fsp3) is 0.650. The second kappa shape index (κ2) is 10.00. The van der Waals surface area contributed by atoms with E-state index in [1.54, 1.807) is 0 Å². The van der Waals surface area contributed by atoms with Gasteiger partial charge in [-0.2, -0.15) is 0 Å². The van der Waals surface area contributed by atoms with Crippen molar-refractivity contribution >= 4 is 23.0 Å². The fourth-order valence-corrected chi connectivity index (χ4v) is 3.65. The van der Waals surface area contributed by atoms with Crippen LogP contribution in [0.5, 0.6) is 0 Å². The molecule has 1 heterocycles. The third kappa shape index (κ3) is 6.06. The molecule has 24 heavy (non-hydrogen) atoms. The van der Waals surface area contributed by atoms with Gasteiger partial charge >= 0.3 is 0 Å². The SMILES string of the molecule is CC[C@H]1CCCCN1CCCNC(=S)Nc1ccc(C(C)C)cc1. The van der Waals surface area contributed by atoms with Crippen molar-refractivity contribution in [2.24, 2.45) is 0 Å². The normalized spacial score (nSPS) is 18.6. The van der Waals surface area contributed by atoms with Crippen molar-refractivity contribution in [3.05, 3.63) is 29.8 Å². The van der Waals surface area contributed by atoms with Gasteiger partial charge in [0.15, 0.2) is 5.11 Å². The van der Waals surface area contributed by atoms with Gasteiger partial charge in [0.2, 0.25) is 0 Å².